The summed E-state index contributed by atoms with van der Waals surface area (Å²) >= 11 is 3.45. The molecule has 0 aliphatic rings. The van der Waals surface area contributed by atoms with E-state index in [-0.39, 0.29) is 0 Å². The first-order valence-corrected chi connectivity index (χ1v) is 5.80. The number of nitrogen functional groups attached to an aromatic ring is 1. The Kier molecular flexibility index (Phi) is 2.19. The van der Waals surface area contributed by atoms with Crippen LogP contribution in [0.5, 0.6) is 0 Å². The summed E-state index contributed by atoms with van der Waals surface area (Å²) in [5.41, 5.74) is 7.51. The second-order valence-electron chi connectivity index (χ2n) is 3.73. The number of rotatable bonds is 1. The Morgan fingerprint density at radius 1 is 1.41 bits per heavy atom. The van der Waals surface area contributed by atoms with Gasteiger partial charge in [-0.3, -0.25) is 4.68 Å². The van der Waals surface area contributed by atoms with Crippen molar-refractivity contribution >= 4 is 32.7 Å². The molecule has 0 aliphatic carbocycles. The minimum absolute atomic E-state index is 0.372. The van der Waals surface area contributed by atoms with Gasteiger partial charge in [0.05, 0.1) is 5.52 Å². The molecule has 3 rings (SSSR count). The summed E-state index contributed by atoms with van der Waals surface area (Å²) in [7, 11) is 1.89. The molecule has 6 heteroatoms. The SMILES string of the molecule is Cn1nc(Br)c2c(-c3cc(N)no3)cccc21. The summed E-state index contributed by atoms with van der Waals surface area (Å²) in [4.78, 5) is 0. The molecular weight excluding hydrogens is 284 g/mol. The molecule has 0 amide bonds. The van der Waals surface area contributed by atoms with E-state index in [1.54, 1.807) is 6.07 Å². The zero-order chi connectivity index (χ0) is 12.0. The van der Waals surface area contributed by atoms with E-state index >= 15 is 0 Å². The Bertz CT molecular complexity index is 701. The Hall–Kier alpha value is -1.82. The van der Waals surface area contributed by atoms with Crippen LogP contribution in [-0.2, 0) is 7.05 Å². The minimum Gasteiger partial charge on any atom is -0.381 e. The minimum atomic E-state index is 0.372. The summed E-state index contributed by atoms with van der Waals surface area (Å²) < 4.78 is 7.78. The molecule has 1 aromatic carbocycles. The lowest BCUT2D eigenvalue weighted by Crippen LogP contribution is -1.88. The molecule has 2 N–H and O–H groups in total. The van der Waals surface area contributed by atoms with Gasteiger partial charge in [-0.15, -0.1) is 0 Å². The summed E-state index contributed by atoms with van der Waals surface area (Å²) in [6.07, 6.45) is 0. The molecule has 86 valence electrons. The lowest BCUT2D eigenvalue weighted by atomic mass is 10.1. The third kappa shape index (κ3) is 1.52. The first-order chi connectivity index (χ1) is 8.16. The van der Waals surface area contributed by atoms with Gasteiger partial charge in [0.1, 0.15) is 4.60 Å². The van der Waals surface area contributed by atoms with Crippen LogP contribution in [0.3, 0.4) is 0 Å². The second kappa shape index (κ2) is 3.59. The van der Waals surface area contributed by atoms with Gasteiger partial charge in [-0.05, 0) is 22.0 Å². The van der Waals surface area contributed by atoms with Crippen molar-refractivity contribution in [2.75, 3.05) is 5.73 Å². The highest BCUT2D eigenvalue weighted by Crippen LogP contribution is 2.33. The fourth-order valence-corrected chi connectivity index (χ4v) is 2.54. The van der Waals surface area contributed by atoms with Crippen LogP contribution >= 0.6 is 15.9 Å². The van der Waals surface area contributed by atoms with E-state index in [4.69, 9.17) is 10.3 Å². The fourth-order valence-electron chi connectivity index (χ4n) is 1.88. The average molecular weight is 293 g/mol. The van der Waals surface area contributed by atoms with Gasteiger partial charge in [0.15, 0.2) is 11.6 Å². The normalized spacial score (nSPS) is 11.2. The summed E-state index contributed by atoms with van der Waals surface area (Å²) in [5.74, 6) is 1.01. The first-order valence-electron chi connectivity index (χ1n) is 5.00. The van der Waals surface area contributed by atoms with Crippen LogP contribution in [0, 0.1) is 0 Å². The quantitative estimate of drug-likeness (QED) is 0.748. The molecule has 0 atom stereocenters. The molecule has 0 fully saturated rings. The predicted octanol–water partition coefficient (Wildman–Crippen LogP) is 2.57. The number of hydrogen-bond donors (Lipinski definition) is 1. The molecule has 0 saturated heterocycles. The fraction of sp³-hybridized carbons (Fsp3) is 0.0909. The van der Waals surface area contributed by atoms with Crippen LogP contribution in [0.25, 0.3) is 22.2 Å². The summed E-state index contributed by atoms with van der Waals surface area (Å²) in [5, 5.41) is 9.01. The number of hydrogen-bond acceptors (Lipinski definition) is 4. The highest BCUT2D eigenvalue weighted by molar-refractivity contribution is 9.10. The van der Waals surface area contributed by atoms with Crippen LogP contribution in [0.15, 0.2) is 33.4 Å². The molecule has 2 heterocycles. The Morgan fingerprint density at radius 3 is 2.94 bits per heavy atom. The number of fused-ring (bicyclic) bond motifs is 1. The van der Waals surface area contributed by atoms with Crippen molar-refractivity contribution in [3.63, 3.8) is 0 Å². The van der Waals surface area contributed by atoms with Crippen molar-refractivity contribution < 1.29 is 4.52 Å². The zero-order valence-electron chi connectivity index (χ0n) is 9.01. The molecule has 0 saturated carbocycles. The topological polar surface area (TPSA) is 69.9 Å². The lowest BCUT2D eigenvalue weighted by Gasteiger charge is -1.98. The van der Waals surface area contributed by atoms with Crippen LogP contribution < -0.4 is 5.73 Å². The Morgan fingerprint density at radius 2 is 2.24 bits per heavy atom. The maximum absolute atomic E-state index is 5.57. The smallest absolute Gasteiger partial charge is 0.169 e. The van der Waals surface area contributed by atoms with E-state index in [0.29, 0.717) is 11.6 Å². The summed E-state index contributed by atoms with van der Waals surface area (Å²) in [6.45, 7) is 0. The molecule has 5 nitrogen and oxygen atoms in total. The standard InChI is InChI=1S/C11H9BrN4O/c1-16-7-4-2-3-6(10(7)11(12)14-16)8-5-9(13)15-17-8/h2-5H,1H3,(H2,13,15). The zero-order valence-corrected chi connectivity index (χ0v) is 10.6. The van der Waals surface area contributed by atoms with Crippen molar-refractivity contribution in [2.45, 2.75) is 0 Å². The van der Waals surface area contributed by atoms with E-state index in [0.717, 1.165) is 21.1 Å². The maximum Gasteiger partial charge on any atom is 0.169 e. The number of halogens is 1. The Labute approximate surface area is 105 Å². The Balaban J connectivity index is 2.37. The van der Waals surface area contributed by atoms with Gasteiger partial charge in [0.2, 0.25) is 0 Å². The molecular formula is C11H9BrN4O. The highest BCUT2D eigenvalue weighted by atomic mass is 79.9. The van der Waals surface area contributed by atoms with Gasteiger partial charge in [0.25, 0.3) is 0 Å². The van der Waals surface area contributed by atoms with Gasteiger partial charge in [-0.2, -0.15) is 5.10 Å². The van der Waals surface area contributed by atoms with Gasteiger partial charge in [0, 0.05) is 24.1 Å². The number of anilines is 1. The average Bonchev–Trinajstić information content (AvgIpc) is 2.85. The van der Waals surface area contributed by atoms with Gasteiger partial charge >= 0.3 is 0 Å². The van der Waals surface area contributed by atoms with Gasteiger partial charge < -0.3 is 10.3 Å². The van der Waals surface area contributed by atoms with Crippen molar-refractivity contribution in [1.82, 2.24) is 14.9 Å². The summed E-state index contributed by atoms with van der Waals surface area (Å²) in [6, 6.07) is 7.60. The number of benzene rings is 1. The number of aryl methyl sites for hydroxylation is 1. The largest absolute Gasteiger partial charge is 0.381 e. The molecule has 0 bridgehead atoms. The molecule has 0 unspecified atom stereocenters. The number of nitrogens with two attached hydrogens (primary N) is 1. The predicted molar refractivity (Wildman–Crippen MR) is 68.3 cm³/mol. The van der Waals surface area contributed by atoms with Crippen LogP contribution in [-0.4, -0.2) is 14.9 Å². The third-order valence-corrected chi connectivity index (χ3v) is 3.18. The monoisotopic (exact) mass is 292 g/mol. The molecule has 17 heavy (non-hydrogen) atoms. The van der Waals surface area contributed by atoms with Crippen LogP contribution in [0.1, 0.15) is 0 Å². The van der Waals surface area contributed by atoms with E-state index in [1.165, 1.54) is 0 Å². The lowest BCUT2D eigenvalue weighted by molar-refractivity contribution is 0.436. The molecule has 0 radical (unpaired) electrons. The number of aromatic nitrogens is 3. The highest BCUT2D eigenvalue weighted by Gasteiger charge is 2.14. The van der Waals surface area contributed by atoms with Crippen molar-refractivity contribution in [3.8, 4) is 11.3 Å². The van der Waals surface area contributed by atoms with Crippen molar-refractivity contribution in [2.24, 2.45) is 7.05 Å². The van der Waals surface area contributed by atoms with Crippen LogP contribution in [0.4, 0.5) is 5.82 Å². The number of nitrogens with zero attached hydrogens (tertiary/aromatic N) is 3. The van der Waals surface area contributed by atoms with E-state index < -0.39 is 0 Å². The van der Waals surface area contributed by atoms with E-state index in [2.05, 4.69) is 26.2 Å². The third-order valence-electron chi connectivity index (χ3n) is 2.63. The van der Waals surface area contributed by atoms with E-state index in [9.17, 15) is 0 Å². The molecule has 3 aromatic rings. The maximum atomic E-state index is 5.57. The van der Waals surface area contributed by atoms with Crippen LogP contribution in [0.2, 0.25) is 0 Å². The van der Waals surface area contributed by atoms with Gasteiger partial charge in [-0.1, -0.05) is 17.3 Å². The van der Waals surface area contributed by atoms with Crippen molar-refractivity contribution in [3.05, 3.63) is 28.9 Å². The van der Waals surface area contributed by atoms with Crippen molar-refractivity contribution in [1.29, 1.82) is 0 Å². The molecule has 0 spiro atoms. The van der Waals surface area contributed by atoms with E-state index in [1.807, 2.05) is 29.9 Å². The molecule has 2 aromatic heterocycles. The first kappa shape index (κ1) is 10.3. The van der Waals surface area contributed by atoms with Gasteiger partial charge in [-0.25, -0.2) is 0 Å². The molecule has 0 aliphatic heterocycles. The second-order valence-corrected chi connectivity index (χ2v) is 4.48.